The minimum absolute atomic E-state index is 0.0651. The Morgan fingerprint density at radius 2 is 2.33 bits per heavy atom. The molecule has 1 heterocycles. The van der Waals surface area contributed by atoms with Crippen LogP contribution in [-0.4, -0.2) is 35.5 Å². The van der Waals surface area contributed by atoms with Crippen molar-refractivity contribution in [2.45, 2.75) is 19.9 Å². The highest BCUT2D eigenvalue weighted by Crippen LogP contribution is 2.05. The number of aryl methyl sites for hydroxylation is 1. The van der Waals surface area contributed by atoms with Gasteiger partial charge in [-0.1, -0.05) is 0 Å². The molecular formula is C11H19N3O. The molecule has 1 aromatic heterocycles. The third-order valence-electron chi connectivity index (χ3n) is 2.43. The summed E-state index contributed by atoms with van der Waals surface area (Å²) in [4.78, 5) is 13.7. The fraction of sp³-hybridized carbons (Fsp3) is 0.545. The molecule has 4 nitrogen and oxygen atoms in total. The fourth-order valence-corrected chi connectivity index (χ4v) is 1.51. The van der Waals surface area contributed by atoms with E-state index >= 15 is 0 Å². The van der Waals surface area contributed by atoms with Gasteiger partial charge in [-0.2, -0.15) is 0 Å². The molecule has 0 aliphatic carbocycles. The first-order valence-corrected chi connectivity index (χ1v) is 5.31. The van der Waals surface area contributed by atoms with Crippen molar-refractivity contribution >= 4 is 5.91 Å². The zero-order chi connectivity index (χ0) is 11.3. The molecule has 0 unspecified atom stereocenters. The Bertz CT molecular complexity index is 319. The smallest absolute Gasteiger partial charge is 0.270 e. The zero-order valence-corrected chi connectivity index (χ0v) is 9.44. The molecule has 84 valence electrons. The summed E-state index contributed by atoms with van der Waals surface area (Å²) in [5, 5.41) is 0. The van der Waals surface area contributed by atoms with Crippen LogP contribution >= 0.6 is 0 Å². The standard InChI is InChI=1S/C11H19N3O/c1-3-14-9-4-6-10(14)11(15)13(2)8-5-7-12/h4,6,9H,3,5,7-8,12H2,1-2H3. The van der Waals surface area contributed by atoms with Gasteiger partial charge in [0.2, 0.25) is 0 Å². The average Bonchev–Trinajstić information content (AvgIpc) is 2.72. The Morgan fingerprint density at radius 1 is 1.60 bits per heavy atom. The van der Waals surface area contributed by atoms with Gasteiger partial charge in [-0.15, -0.1) is 0 Å². The molecule has 1 amide bonds. The van der Waals surface area contributed by atoms with Crippen molar-refractivity contribution in [3.8, 4) is 0 Å². The number of rotatable bonds is 5. The van der Waals surface area contributed by atoms with Gasteiger partial charge in [-0.25, -0.2) is 0 Å². The van der Waals surface area contributed by atoms with Gasteiger partial charge < -0.3 is 15.2 Å². The van der Waals surface area contributed by atoms with Gasteiger partial charge in [0.1, 0.15) is 5.69 Å². The summed E-state index contributed by atoms with van der Waals surface area (Å²) >= 11 is 0. The molecule has 0 aliphatic heterocycles. The molecule has 0 saturated carbocycles. The summed E-state index contributed by atoms with van der Waals surface area (Å²) in [6, 6.07) is 3.75. The minimum Gasteiger partial charge on any atom is -0.344 e. The quantitative estimate of drug-likeness (QED) is 0.784. The van der Waals surface area contributed by atoms with Gasteiger partial charge in [0.15, 0.2) is 0 Å². The van der Waals surface area contributed by atoms with E-state index in [9.17, 15) is 4.79 Å². The molecule has 0 radical (unpaired) electrons. The summed E-state index contributed by atoms with van der Waals surface area (Å²) in [5.74, 6) is 0.0651. The Hall–Kier alpha value is -1.29. The number of amides is 1. The van der Waals surface area contributed by atoms with Gasteiger partial charge in [0.25, 0.3) is 5.91 Å². The van der Waals surface area contributed by atoms with Crippen LogP contribution in [0.25, 0.3) is 0 Å². The number of hydrogen-bond acceptors (Lipinski definition) is 2. The summed E-state index contributed by atoms with van der Waals surface area (Å²) in [6.07, 6.45) is 2.76. The highest BCUT2D eigenvalue weighted by molar-refractivity contribution is 5.92. The topological polar surface area (TPSA) is 51.3 Å². The second kappa shape index (κ2) is 5.56. The number of nitrogens with zero attached hydrogens (tertiary/aromatic N) is 2. The number of carbonyl (C=O) groups excluding carboxylic acids is 1. The van der Waals surface area contributed by atoms with Crippen molar-refractivity contribution in [3.05, 3.63) is 24.0 Å². The van der Waals surface area contributed by atoms with Crippen molar-refractivity contribution in [1.29, 1.82) is 0 Å². The lowest BCUT2D eigenvalue weighted by molar-refractivity contribution is 0.0784. The van der Waals surface area contributed by atoms with Gasteiger partial charge in [-0.3, -0.25) is 4.79 Å². The van der Waals surface area contributed by atoms with E-state index in [4.69, 9.17) is 5.73 Å². The van der Waals surface area contributed by atoms with Crippen molar-refractivity contribution in [2.75, 3.05) is 20.1 Å². The van der Waals surface area contributed by atoms with Crippen LogP contribution in [0, 0.1) is 0 Å². The van der Waals surface area contributed by atoms with E-state index < -0.39 is 0 Å². The number of nitrogens with two attached hydrogens (primary N) is 1. The second-order valence-corrected chi connectivity index (χ2v) is 3.55. The Balaban J connectivity index is 2.67. The first kappa shape index (κ1) is 11.8. The molecule has 0 spiro atoms. The van der Waals surface area contributed by atoms with E-state index in [2.05, 4.69) is 0 Å². The summed E-state index contributed by atoms with van der Waals surface area (Å²) in [6.45, 7) is 4.17. The highest BCUT2D eigenvalue weighted by Gasteiger charge is 2.13. The first-order chi connectivity index (χ1) is 7.20. The largest absolute Gasteiger partial charge is 0.344 e. The SMILES string of the molecule is CCn1cccc1C(=O)N(C)CCCN. The number of hydrogen-bond donors (Lipinski definition) is 1. The van der Waals surface area contributed by atoms with E-state index in [1.165, 1.54) is 0 Å². The van der Waals surface area contributed by atoms with Crippen molar-refractivity contribution in [3.63, 3.8) is 0 Å². The second-order valence-electron chi connectivity index (χ2n) is 3.55. The van der Waals surface area contributed by atoms with Crippen LogP contribution in [0.3, 0.4) is 0 Å². The van der Waals surface area contributed by atoms with Crippen LogP contribution < -0.4 is 5.73 Å². The summed E-state index contributed by atoms with van der Waals surface area (Å²) in [5.41, 5.74) is 6.16. The lowest BCUT2D eigenvalue weighted by atomic mass is 10.3. The maximum atomic E-state index is 12.0. The predicted octanol–water partition coefficient (Wildman–Crippen LogP) is 0.929. The molecule has 0 bridgehead atoms. The summed E-state index contributed by atoms with van der Waals surface area (Å²) < 4.78 is 1.95. The van der Waals surface area contributed by atoms with Crippen molar-refractivity contribution in [2.24, 2.45) is 5.73 Å². The lowest BCUT2D eigenvalue weighted by Crippen LogP contribution is -2.30. The third-order valence-corrected chi connectivity index (χ3v) is 2.43. The van der Waals surface area contributed by atoms with Gasteiger partial charge in [-0.05, 0) is 32.0 Å². The number of aromatic nitrogens is 1. The van der Waals surface area contributed by atoms with E-state index in [1.807, 2.05) is 36.9 Å². The molecule has 0 aromatic carbocycles. The van der Waals surface area contributed by atoms with Crippen LogP contribution in [-0.2, 0) is 6.54 Å². The molecule has 1 rings (SSSR count). The Morgan fingerprint density at radius 3 is 2.93 bits per heavy atom. The molecule has 2 N–H and O–H groups in total. The van der Waals surface area contributed by atoms with Crippen LogP contribution in [0.1, 0.15) is 23.8 Å². The van der Waals surface area contributed by atoms with Gasteiger partial charge in [0.05, 0.1) is 0 Å². The third kappa shape index (κ3) is 2.83. The van der Waals surface area contributed by atoms with E-state index in [1.54, 1.807) is 4.90 Å². The molecule has 15 heavy (non-hydrogen) atoms. The van der Waals surface area contributed by atoms with Gasteiger partial charge >= 0.3 is 0 Å². The molecular weight excluding hydrogens is 190 g/mol. The van der Waals surface area contributed by atoms with Crippen LogP contribution in [0.5, 0.6) is 0 Å². The van der Waals surface area contributed by atoms with Crippen LogP contribution in [0.4, 0.5) is 0 Å². The summed E-state index contributed by atoms with van der Waals surface area (Å²) in [7, 11) is 1.81. The van der Waals surface area contributed by atoms with Crippen molar-refractivity contribution < 1.29 is 4.79 Å². The van der Waals surface area contributed by atoms with Gasteiger partial charge in [0, 0.05) is 26.3 Å². The fourth-order valence-electron chi connectivity index (χ4n) is 1.51. The molecule has 0 saturated heterocycles. The predicted molar refractivity (Wildman–Crippen MR) is 60.7 cm³/mol. The van der Waals surface area contributed by atoms with E-state index in [0.717, 1.165) is 18.7 Å². The molecule has 0 aliphatic rings. The maximum Gasteiger partial charge on any atom is 0.270 e. The number of carbonyl (C=O) groups is 1. The zero-order valence-electron chi connectivity index (χ0n) is 9.44. The minimum atomic E-state index is 0.0651. The maximum absolute atomic E-state index is 12.0. The normalized spacial score (nSPS) is 10.3. The highest BCUT2D eigenvalue weighted by atomic mass is 16.2. The molecule has 1 aromatic rings. The molecule has 0 fully saturated rings. The average molecular weight is 209 g/mol. The monoisotopic (exact) mass is 209 g/mol. The first-order valence-electron chi connectivity index (χ1n) is 5.31. The molecule has 0 atom stereocenters. The molecule has 4 heteroatoms. The lowest BCUT2D eigenvalue weighted by Gasteiger charge is -2.17. The Labute approximate surface area is 90.7 Å². The van der Waals surface area contributed by atoms with Crippen LogP contribution in [0.15, 0.2) is 18.3 Å². The van der Waals surface area contributed by atoms with E-state index in [0.29, 0.717) is 13.1 Å². The Kier molecular flexibility index (Phi) is 4.37. The van der Waals surface area contributed by atoms with Crippen LogP contribution in [0.2, 0.25) is 0 Å². The van der Waals surface area contributed by atoms with Crippen molar-refractivity contribution in [1.82, 2.24) is 9.47 Å². The van der Waals surface area contributed by atoms with E-state index in [-0.39, 0.29) is 5.91 Å².